The molecule has 1 aromatic rings. The molecule has 15 heavy (non-hydrogen) atoms. The highest BCUT2D eigenvalue weighted by Gasteiger charge is 2.44. The second-order valence-corrected chi connectivity index (χ2v) is 4.95. The van der Waals surface area contributed by atoms with Crippen LogP contribution >= 0.6 is 0 Å². The molecule has 0 bridgehead atoms. The summed E-state index contributed by atoms with van der Waals surface area (Å²) in [6.07, 6.45) is 1.21. The molecule has 1 aliphatic carbocycles. The Balaban J connectivity index is 1.92. The van der Waals surface area contributed by atoms with Gasteiger partial charge in [0.1, 0.15) is 0 Å². The lowest BCUT2D eigenvalue weighted by Gasteiger charge is -2.07. The predicted octanol–water partition coefficient (Wildman–Crippen LogP) is 1.99. The topological polar surface area (TPSA) is 52.5 Å². The van der Waals surface area contributed by atoms with Crippen molar-refractivity contribution in [2.75, 3.05) is 0 Å². The Morgan fingerprint density at radius 1 is 1.33 bits per heavy atom. The second-order valence-electron chi connectivity index (χ2n) is 4.95. The van der Waals surface area contributed by atoms with Crippen LogP contribution in [0.3, 0.4) is 0 Å². The lowest BCUT2D eigenvalue weighted by atomic mass is 10.1. The van der Waals surface area contributed by atoms with Crippen molar-refractivity contribution in [3.8, 4) is 11.5 Å². The van der Waals surface area contributed by atoms with Crippen molar-refractivity contribution in [2.24, 2.45) is 5.41 Å². The highest BCUT2D eigenvalue weighted by Crippen LogP contribution is 2.44. The fraction of sp³-hybridized carbons (Fsp3) is 0.500. The van der Waals surface area contributed by atoms with Crippen LogP contribution < -0.4 is 5.32 Å². The largest absolute Gasteiger partial charge is 0.504 e. The maximum atomic E-state index is 9.31. The molecule has 1 aromatic carbocycles. The van der Waals surface area contributed by atoms with Gasteiger partial charge in [-0.2, -0.15) is 0 Å². The monoisotopic (exact) mass is 207 g/mol. The maximum absolute atomic E-state index is 9.31. The van der Waals surface area contributed by atoms with Crippen LogP contribution in [0.1, 0.15) is 25.8 Å². The van der Waals surface area contributed by atoms with Crippen LogP contribution in [0.4, 0.5) is 0 Å². The molecular weight excluding hydrogens is 190 g/mol. The second kappa shape index (κ2) is 3.42. The van der Waals surface area contributed by atoms with E-state index in [9.17, 15) is 5.11 Å². The molecule has 1 unspecified atom stereocenters. The third-order valence-corrected chi connectivity index (χ3v) is 3.11. The van der Waals surface area contributed by atoms with E-state index in [-0.39, 0.29) is 11.5 Å². The Morgan fingerprint density at radius 2 is 2.00 bits per heavy atom. The van der Waals surface area contributed by atoms with Crippen LogP contribution in [0.5, 0.6) is 11.5 Å². The van der Waals surface area contributed by atoms with Crippen molar-refractivity contribution < 1.29 is 10.2 Å². The van der Waals surface area contributed by atoms with Gasteiger partial charge in [-0.3, -0.25) is 0 Å². The molecule has 82 valence electrons. The molecule has 0 heterocycles. The summed E-state index contributed by atoms with van der Waals surface area (Å²) in [5, 5.41) is 21.9. The van der Waals surface area contributed by atoms with Gasteiger partial charge in [-0.25, -0.2) is 0 Å². The van der Waals surface area contributed by atoms with Gasteiger partial charge in [-0.1, -0.05) is 19.9 Å². The summed E-state index contributed by atoms with van der Waals surface area (Å²) in [4.78, 5) is 0. The molecule has 3 nitrogen and oxygen atoms in total. The number of hydrogen-bond donors (Lipinski definition) is 3. The van der Waals surface area contributed by atoms with Gasteiger partial charge in [-0.05, 0) is 29.5 Å². The van der Waals surface area contributed by atoms with Gasteiger partial charge in [0.15, 0.2) is 11.5 Å². The first kappa shape index (κ1) is 10.3. The minimum atomic E-state index is -0.0644. The Morgan fingerprint density at radius 3 is 2.53 bits per heavy atom. The third kappa shape index (κ3) is 2.23. The molecule has 0 aromatic heterocycles. The summed E-state index contributed by atoms with van der Waals surface area (Å²) < 4.78 is 0. The van der Waals surface area contributed by atoms with Crippen molar-refractivity contribution in [1.82, 2.24) is 5.32 Å². The van der Waals surface area contributed by atoms with Gasteiger partial charge in [-0.15, -0.1) is 0 Å². The standard InChI is InChI=1S/C12H17NO2/c1-12(2)6-11(12)13-7-8-3-4-9(14)10(15)5-8/h3-5,11,13-15H,6-7H2,1-2H3. The molecule has 0 amide bonds. The summed E-state index contributed by atoms with van der Waals surface area (Å²) in [5.74, 6) is -0.116. The van der Waals surface area contributed by atoms with Crippen LogP contribution in [-0.2, 0) is 6.54 Å². The SMILES string of the molecule is CC1(C)CC1NCc1ccc(O)c(O)c1. The minimum Gasteiger partial charge on any atom is -0.504 e. The van der Waals surface area contributed by atoms with Gasteiger partial charge >= 0.3 is 0 Å². The number of nitrogens with one attached hydrogen (secondary N) is 1. The lowest BCUT2D eigenvalue weighted by Crippen LogP contribution is -2.19. The molecule has 3 heteroatoms. The summed E-state index contributed by atoms with van der Waals surface area (Å²) in [6, 6.07) is 5.51. The Kier molecular flexibility index (Phi) is 2.35. The van der Waals surface area contributed by atoms with E-state index in [1.54, 1.807) is 6.07 Å². The number of aromatic hydroxyl groups is 2. The molecular formula is C12H17NO2. The van der Waals surface area contributed by atoms with E-state index in [0.29, 0.717) is 11.5 Å². The lowest BCUT2D eigenvalue weighted by molar-refractivity contribution is 0.402. The first-order valence-electron chi connectivity index (χ1n) is 5.23. The van der Waals surface area contributed by atoms with Crippen molar-refractivity contribution in [1.29, 1.82) is 0 Å². The minimum absolute atomic E-state index is 0.0515. The highest BCUT2D eigenvalue weighted by atomic mass is 16.3. The Hall–Kier alpha value is -1.22. The molecule has 1 atom stereocenters. The van der Waals surface area contributed by atoms with Crippen LogP contribution in [-0.4, -0.2) is 16.3 Å². The zero-order valence-electron chi connectivity index (χ0n) is 9.12. The van der Waals surface area contributed by atoms with E-state index >= 15 is 0 Å². The average Bonchev–Trinajstić information content (AvgIpc) is 2.77. The maximum Gasteiger partial charge on any atom is 0.157 e. The molecule has 3 N–H and O–H groups in total. The number of hydrogen-bond acceptors (Lipinski definition) is 3. The van der Waals surface area contributed by atoms with Gasteiger partial charge < -0.3 is 15.5 Å². The molecule has 1 saturated carbocycles. The molecule has 0 spiro atoms. The summed E-state index contributed by atoms with van der Waals surface area (Å²) in [7, 11) is 0. The van der Waals surface area contributed by atoms with E-state index in [0.717, 1.165) is 12.1 Å². The van der Waals surface area contributed by atoms with Crippen LogP contribution in [0, 0.1) is 5.41 Å². The summed E-state index contributed by atoms with van der Waals surface area (Å²) in [5.41, 5.74) is 1.41. The zero-order valence-corrected chi connectivity index (χ0v) is 9.12. The Labute approximate surface area is 89.8 Å². The first-order chi connectivity index (χ1) is 6.99. The highest BCUT2D eigenvalue weighted by molar-refractivity contribution is 5.40. The van der Waals surface area contributed by atoms with Gasteiger partial charge in [0.25, 0.3) is 0 Å². The van der Waals surface area contributed by atoms with Crippen LogP contribution in [0.15, 0.2) is 18.2 Å². The Bertz CT molecular complexity index is 374. The first-order valence-corrected chi connectivity index (χ1v) is 5.23. The van der Waals surface area contributed by atoms with Crippen molar-refractivity contribution in [3.05, 3.63) is 23.8 Å². The number of benzene rings is 1. The van der Waals surface area contributed by atoms with Gasteiger partial charge in [0.2, 0.25) is 0 Å². The number of phenolic OH excluding ortho intramolecular Hbond substituents is 2. The van der Waals surface area contributed by atoms with Gasteiger partial charge in [0, 0.05) is 12.6 Å². The summed E-state index contributed by atoms with van der Waals surface area (Å²) in [6.45, 7) is 5.21. The summed E-state index contributed by atoms with van der Waals surface area (Å²) >= 11 is 0. The molecule has 1 fully saturated rings. The van der Waals surface area contributed by atoms with E-state index in [1.165, 1.54) is 12.5 Å². The van der Waals surface area contributed by atoms with Crippen molar-refractivity contribution >= 4 is 0 Å². The van der Waals surface area contributed by atoms with Gasteiger partial charge in [0.05, 0.1) is 0 Å². The predicted molar refractivity (Wildman–Crippen MR) is 58.8 cm³/mol. The molecule has 0 saturated heterocycles. The fourth-order valence-electron chi connectivity index (χ4n) is 1.74. The van der Waals surface area contributed by atoms with E-state index in [1.807, 2.05) is 6.07 Å². The van der Waals surface area contributed by atoms with E-state index < -0.39 is 0 Å². The molecule has 0 radical (unpaired) electrons. The van der Waals surface area contributed by atoms with E-state index in [2.05, 4.69) is 19.2 Å². The smallest absolute Gasteiger partial charge is 0.157 e. The zero-order chi connectivity index (χ0) is 11.1. The van der Waals surface area contributed by atoms with E-state index in [4.69, 9.17) is 5.11 Å². The number of phenols is 2. The average molecular weight is 207 g/mol. The quantitative estimate of drug-likeness (QED) is 0.664. The number of rotatable bonds is 3. The molecule has 2 rings (SSSR count). The van der Waals surface area contributed by atoms with Crippen LogP contribution in [0.25, 0.3) is 0 Å². The fourth-order valence-corrected chi connectivity index (χ4v) is 1.74. The molecule has 0 aliphatic heterocycles. The molecule has 1 aliphatic rings. The normalized spacial score (nSPS) is 22.7. The van der Waals surface area contributed by atoms with Crippen LogP contribution in [0.2, 0.25) is 0 Å². The van der Waals surface area contributed by atoms with Crippen molar-refractivity contribution in [2.45, 2.75) is 32.9 Å². The third-order valence-electron chi connectivity index (χ3n) is 3.11. The van der Waals surface area contributed by atoms with Crippen molar-refractivity contribution in [3.63, 3.8) is 0 Å².